The van der Waals surface area contributed by atoms with Gasteiger partial charge in [0.2, 0.25) is 0 Å². The first-order valence-electron chi connectivity index (χ1n) is 8.44. The fourth-order valence-corrected chi connectivity index (χ4v) is 3.60. The fourth-order valence-electron chi connectivity index (χ4n) is 3.11. The van der Waals surface area contributed by atoms with Crippen LogP contribution in [0.25, 0.3) is 0 Å². The van der Waals surface area contributed by atoms with Gasteiger partial charge in [-0.25, -0.2) is 0 Å². The number of amides is 1. The second-order valence-electron chi connectivity index (χ2n) is 6.44. The van der Waals surface area contributed by atoms with E-state index in [1.165, 1.54) is 5.56 Å². The Morgan fingerprint density at radius 2 is 2.08 bits per heavy atom. The summed E-state index contributed by atoms with van der Waals surface area (Å²) >= 11 is 12.1. The van der Waals surface area contributed by atoms with Crippen molar-refractivity contribution in [2.24, 2.45) is 0 Å². The van der Waals surface area contributed by atoms with Crippen molar-refractivity contribution in [1.82, 2.24) is 4.90 Å². The van der Waals surface area contributed by atoms with Gasteiger partial charge in [0.25, 0.3) is 5.91 Å². The van der Waals surface area contributed by atoms with E-state index in [9.17, 15) is 4.79 Å². The standard InChI is InChI=1S/C20H21Cl2NO2/c1-14-4-2-5-15(10-14)13-25-17-6-3-9-23(12-17)20(24)18-8-7-16(21)11-19(18)22/h2,4-5,7-8,10-11,17H,3,6,9,12-13H2,1H3/t17-/m0/s1. The molecule has 25 heavy (non-hydrogen) atoms. The maximum absolute atomic E-state index is 12.7. The van der Waals surface area contributed by atoms with Crippen LogP contribution in [0.5, 0.6) is 0 Å². The van der Waals surface area contributed by atoms with E-state index in [1.54, 1.807) is 18.2 Å². The van der Waals surface area contributed by atoms with Gasteiger partial charge < -0.3 is 9.64 Å². The minimum Gasteiger partial charge on any atom is -0.372 e. The summed E-state index contributed by atoms with van der Waals surface area (Å²) in [5.74, 6) is -0.0643. The van der Waals surface area contributed by atoms with Crippen LogP contribution in [-0.2, 0) is 11.3 Å². The van der Waals surface area contributed by atoms with Crippen LogP contribution in [0.15, 0.2) is 42.5 Å². The highest BCUT2D eigenvalue weighted by atomic mass is 35.5. The van der Waals surface area contributed by atoms with Gasteiger partial charge in [0.1, 0.15) is 0 Å². The van der Waals surface area contributed by atoms with Gasteiger partial charge in [-0.2, -0.15) is 0 Å². The Morgan fingerprint density at radius 3 is 2.84 bits per heavy atom. The van der Waals surface area contributed by atoms with Gasteiger partial charge in [0.05, 0.1) is 23.3 Å². The third-order valence-corrected chi connectivity index (χ3v) is 4.94. The summed E-state index contributed by atoms with van der Waals surface area (Å²) in [7, 11) is 0. The molecule has 132 valence electrons. The molecule has 1 aliphatic heterocycles. The normalized spacial score (nSPS) is 17.6. The molecule has 2 aromatic carbocycles. The summed E-state index contributed by atoms with van der Waals surface area (Å²) < 4.78 is 6.04. The number of rotatable bonds is 4. The average molecular weight is 378 g/mol. The molecule has 3 nitrogen and oxygen atoms in total. The first-order valence-corrected chi connectivity index (χ1v) is 9.20. The first kappa shape index (κ1) is 18.2. The van der Waals surface area contributed by atoms with Gasteiger partial charge in [-0.3, -0.25) is 4.79 Å². The predicted octanol–water partition coefficient (Wildman–Crippen LogP) is 5.12. The number of benzene rings is 2. The van der Waals surface area contributed by atoms with E-state index in [1.807, 2.05) is 11.0 Å². The molecule has 1 amide bonds. The van der Waals surface area contributed by atoms with Crippen LogP contribution in [0.2, 0.25) is 10.0 Å². The summed E-state index contributed by atoms with van der Waals surface area (Å²) in [5, 5.41) is 0.917. The molecule has 5 heteroatoms. The van der Waals surface area contributed by atoms with Crippen LogP contribution in [0.4, 0.5) is 0 Å². The lowest BCUT2D eigenvalue weighted by atomic mass is 10.1. The quantitative estimate of drug-likeness (QED) is 0.739. The molecule has 1 heterocycles. The lowest BCUT2D eigenvalue weighted by Gasteiger charge is -2.33. The first-order chi connectivity index (χ1) is 12.0. The third kappa shape index (κ3) is 4.75. The molecule has 1 aliphatic rings. The smallest absolute Gasteiger partial charge is 0.255 e. The van der Waals surface area contributed by atoms with Gasteiger partial charge in [-0.1, -0.05) is 53.0 Å². The van der Waals surface area contributed by atoms with Crippen molar-refractivity contribution >= 4 is 29.1 Å². The molecule has 2 aromatic rings. The number of nitrogens with zero attached hydrogens (tertiary/aromatic N) is 1. The number of hydrogen-bond acceptors (Lipinski definition) is 2. The Morgan fingerprint density at radius 1 is 1.24 bits per heavy atom. The van der Waals surface area contributed by atoms with Crippen LogP contribution in [-0.4, -0.2) is 30.0 Å². The largest absolute Gasteiger partial charge is 0.372 e. The highest BCUT2D eigenvalue weighted by Crippen LogP contribution is 2.24. The van der Waals surface area contributed by atoms with E-state index in [4.69, 9.17) is 27.9 Å². The van der Waals surface area contributed by atoms with E-state index in [-0.39, 0.29) is 12.0 Å². The van der Waals surface area contributed by atoms with E-state index in [2.05, 4.69) is 25.1 Å². The molecule has 1 saturated heterocycles. The Labute approximate surface area is 158 Å². The fraction of sp³-hybridized carbons (Fsp3) is 0.350. The summed E-state index contributed by atoms with van der Waals surface area (Å²) in [4.78, 5) is 14.6. The maximum atomic E-state index is 12.7. The molecule has 3 rings (SSSR count). The lowest BCUT2D eigenvalue weighted by Crippen LogP contribution is -2.43. The molecular formula is C20H21Cl2NO2. The van der Waals surface area contributed by atoms with E-state index >= 15 is 0 Å². The van der Waals surface area contributed by atoms with Crippen molar-refractivity contribution in [3.05, 3.63) is 69.2 Å². The lowest BCUT2D eigenvalue weighted by molar-refractivity contribution is -0.00673. The Balaban J connectivity index is 1.61. The van der Waals surface area contributed by atoms with Crippen molar-refractivity contribution in [3.8, 4) is 0 Å². The average Bonchev–Trinajstić information content (AvgIpc) is 2.60. The number of carbonyl (C=O) groups excluding carboxylic acids is 1. The number of aryl methyl sites for hydroxylation is 1. The molecule has 1 fully saturated rings. The highest BCUT2D eigenvalue weighted by Gasteiger charge is 2.26. The summed E-state index contributed by atoms with van der Waals surface area (Å²) in [6.07, 6.45) is 1.93. The molecule has 0 unspecified atom stereocenters. The molecule has 0 radical (unpaired) electrons. The van der Waals surface area contributed by atoms with Crippen LogP contribution < -0.4 is 0 Å². The summed E-state index contributed by atoms with van der Waals surface area (Å²) in [5.41, 5.74) is 2.87. The number of ether oxygens (including phenoxy) is 1. The number of halogens is 2. The van der Waals surface area contributed by atoms with Crippen LogP contribution in [0.3, 0.4) is 0 Å². The van der Waals surface area contributed by atoms with Crippen molar-refractivity contribution in [1.29, 1.82) is 0 Å². The molecule has 0 N–H and O–H groups in total. The molecule has 0 aliphatic carbocycles. The molecule has 0 aromatic heterocycles. The number of likely N-dealkylation sites (tertiary alicyclic amines) is 1. The third-order valence-electron chi connectivity index (χ3n) is 4.40. The Hall–Kier alpha value is -1.55. The SMILES string of the molecule is Cc1cccc(CO[C@H]2CCCN(C(=O)c3ccc(Cl)cc3Cl)C2)c1. The van der Waals surface area contributed by atoms with Gasteiger partial charge in [-0.05, 0) is 43.5 Å². The van der Waals surface area contributed by atoms with E-state index in [0.717, 1.165) is 24.9 Å². The number of carbonyl (C=O) groups is 1. The Kier molecular flexibility index (Phi) is 6.00. The summed E-state index contributed by atoms with van der Waals surface area (Å²) in [6.45, 7) is 3.95. The number of piperidine rings is 1. The molecule has 0 spiro atoms. The van der Waals surface area contributed by atoms with Crippen molar-refractivity contribution < 1.29 is 9.53 Å². The second kappa shape index (κ2) is 8.22. The van der Waals surface area contributed by atoms with Gasteiger partial charge >= 0.3 is 0 Å². The van der Waals surface area contributed by atoms with Gasteiger partial charge in [0.15, 0.2) is 0 Å². The minimum absolute atomic E-state index is 0.0456. The van der Waals surface area contributed by atoms with Crippen LogP contribution >= 0.6 is 23.2 Å². The van der Waals surface area contributed by atoms with Gasteiger partial charge in [0, 0.05) is 18.1 Å². The van der Waals surface area contributed by atoms with Crippen LogP contribution in [0, 0.1) is 6.92 Å². The monoisotopic (exact) mass is 377 g/mol. The van der Waals surface area contributed by atoms with Gasteiger partial charge in [-0.15, -0.1) is 0 Å². The topological polar surface area (TPSA) is 29.5 Å². The molecule has 1 atom stereocenters. The number of hydrogen-bond donors (Lipinski definition) is 0. The maximum Gasteiger partial charge on any atom is 0.255 e. The summed E-state index contributed by atoms with van der Waals surface area (Å²) in [6, 6.07) is 13.3. The highest BCUT2D eigenvalue weighted by molar-refractivity contribution is 6.36. The van der Waals surface area contributed by atoms with Crippen LogP contribution in [0.1, 0.15) is 34.3 Å². The van der Waals surface area contributed by atoms with E-state index < -0.39 is 0 Å². The zero-order valence-electron chi connectivity index (χ0n) is 14.2. The van der Waals surface area contributed by atoms with Crippen molar-refractivity contribution in [2.45, 2.75) is 32.5 Å². The zero-order valence-corrected chi connectivity index (χ0v) is 15.7. The molecular weight excluding hydrogens is 357 g/mol. The molecule has 0 bridgehead atoms. The Bertz CT molecular complexity index is 763. The predicted molar refractivity (Wildman–Crippen MR) is 101 cm³/mol. The zero-order chi connectivity index (χ0) is 17.8. The van der Waals surface area contributed by atoms with E-state index in [0.29, 0.717) is 28.8 Å². The van der Waals surface area contributed by atoms with Crippen molar-refractivity contribution in [3.63, 3.8) is 0 Å². The second-order valence-corrected chi connectivity index (χ2v) is 7.28. The minimum atomic E-state index is -0.0643. The van der Waals surface area contributed by atoms with Crippen molar-refractivity contribution in [2.75, 3.05) is 13.1 Å². The molecule has 0 saturated carbocycles.